The Kier molecular flexibility index (Phi) is 3.76. The summed E-state index contributed by atoms with van der Waals surface area (Å²) in [5.41, 5.74) is 1.22. The number of carbonyl (C=O) groups is 1. The van der Waals surface area contributed by atoms with Gasteiger partial charge in [-0.2, -0.15) is 0 Å². The molecule has 1 aliphatic carbocycles. The number of hydrogen-bond acceptors (Lipinski definition) is 1. The number of hydrogen-bond donors (Lipinski definition) is 0. The maximum atomic E-state index is 12.1. The van der Waals surface area contributed by atoms with E-state index >= 15 is 0 Å². The topological polar surface area (TPSA) is 17.1 Å². The minimum atomic E-state index is 0.161. The molecular formula is C15H20O. The van der Waals surface area contributed by atoms with Gasteiger partial charge >= 0.3 is 0 Å². The summed E-state index contributed by atoms with van der Waals surface area (Å²) in [4.78, 5) is 12.1. The van der Waals surface area contributed by atoms with Crippen LogP contribution in [0.4, 0.5) is 0 Å². The quantitative estimate of drug-likeness (QED) is 0.745. The fourth-order valence-corrected chi connectivity index (χ4v) is 2.89. The van der Waals surface area contributed by atoms with Crippen LogP contribution in [0.15, 0.2) is 30.3 Å². The standard InChI is InChI=1S/C15H20O/c1-2-14(16)15(13-10-6-7-11-13)12-8-4-3-5-9-12/h3-5,8-9,13,15H,2,6-7,10-11H2,1H3. The second kappa shape index (κ2) is 5.29. The summed E-state index contributed by atoms with van der Waals surface area (Å²) < 4.78 is 0. The van der Waals surface area contributed by atoms with Gasteiger partial charge in [0.15, 0.2) is 0 Å². The third-order valence-corrected chi connectivity index (χ3v) is 3.73. The van der Waals surface area contributed by atoms with Gasteiger partial charge in [0.05, 0.1) is 0 Å². The molecule has 0 saturated heterocycles. The first-order valence-electron chi connectivity index (χ1n) is 6.40. The van der Waals surface area contributed by atoms with Crippen LogP contribution < -0.4 is 0 Å². The van der Waals surface area contributed by atoms with Gasteiger partial charge < -0.3 is 0 Å². The first kappa shape index (κ1) is 11.4. The van der Waals surface area contributed by atoms with Crippen LogP contribution in [0, 0.1) is 5.92 Å². The molecule has 1 unspecified atom stereocenters. The second-order valence-corrected chi connectivity index (χ2v) is 4.75. The number of ketones is 1. The summed E-state index contributed by atoms with van der Waals surface area (Å²) in [5, 5.41) is 0. The van der Waals surface area contributed by atoms with E-state index in [4.69, 9.17) is 0 Å². The molecule has 1 aromatic carbocycles. The Labute approximate surface area is 97.9 Å². The van der Waals surface area contributed by atoms with Crippen LogP contribution in [-0.2, 0) is 4.79 Å². The molecule has 0 spiro atoms. The Morgan fingerprint density at radius 2 is 1.88 bits per heavy atom. The van der Waals surface area contributed by atoms with Crippen molar-refractivity contribution in [3.05, 3.63) is 35.9 Å². The highest BCUT2D eigenvalue weighted by Crippen LogP contribution is 2.38. The zero-order valence-electron chi connectivity index (χ0n) is 9.99. The van der Waals surface area contributed by atoms with Gasteiger partial charge in [-0.3, -0.25) is 4.79 Å². The van der Waals surface area contributed by atoms with E-state index in [0.717, 1.165) is 0 Å². The van der Waals surface area contributed by atoms with E-state index in [1.807, 2.05) is 25.1 Å². The Balaban J connectivity index is 2.24. The smallest absolute Gasteiger partial charge is 0.140 e. The first-order valence-corrected chi connectivity index (χ1v) is 6.40. The van der Waals surface area contributed by atoms with Crippen molar-refractivity contribution in [2.75, 3.05) is 0 Å². The van der Waals surface area contributed by atoms with Gasteiger partial charge in [0.1, 0.15) is 5.78 Å². The van der Waals surface area contributed by atoms with Gasteiger partial charge in [-0.05, 0) is 24.3 Å². The van der Waals surface area contributed by atoms with Crippen LogP contribution in [0.25, 0.3) is 0 Å². The van der Waals surface area contributed by atoms with Crippen LogP contribution in [-0.4, -0.2) is 5.78 Å². The highest BCUT2D eigenvalue weighted by Gasteiger charge is 2.30. The third-order valence-electron chi connectivity index (χ3n) is 3.73. The van der Waals surface area contributed by atoms with Gasteiger partial charge in [0.25, 0.3) is 0 Å². The van der Waals surface area contributed by atoms with Gasteiger partial charge in [-0.15, -0.1) is 0 Å². The third kappa shape index (κ3) is 2.34. The number of rotatable bonds is 4. The van der Waals surface area contributed by atoms with Crippen molar-refractivity contribution in [3.8, 4) is 0 Å². The van der Waals surface area contributed by atoms with Crippen molar-refractivity contribution in [1.82, 2.24) is 0 Å². The SMILES string of the molecule is CCC(=O)C(c1ccccc1)C1CCCC1. The molecule has 0 amide bonds. The van der Waals surface area contributed by atoms with Gasteiger partial charge in [-0.25, -0.2) is 0 Å². The molecule has 0 N–H and O–H groups in total. The van der Waals surface area contributed by atoms with E-state index in [1.165, 1.54) is 31.2 Å². The highest BCUT2D eigenvalue weighted by atomic mass is 16.1. The molecular weight excluding hydrogens is 196 g/mol. The van der Waals surface area contributed by atoms with Gasteiger partial charge in [-0.1, -0.05) is 50.1 Å². The Hall–Kier alpha value is -1.11. The average Bonchev–Trinajstić information content (AvgIpc) is 2.84. The van der Waals surface area contributed by atoms with Crippen molar-refractivity contribution >= 4 is 5.78 Å². The normalized spacial score (nSPS) is 18.6. The summed E-state index contributed by atoms with van der Waals surface area (Å²) in [7, 11) is 0. The summed E-state index contributed by atoms with van der Waals surface area (Å²) in [6.45, 7) is 1.98. The largest absolute Gasteiger partial charge is 0.299 e. The van der Waals surface area contributed by atoms with E-state index in [2.05, 4.69) is 12.1 Å². The minimum absolute atomic E-state index is 0.161. The molecule has 2 rings (SSSR count). The summed E-state index contributed by atoms with van der Waals surface area (Å²) in [5.74, 6) is 1.17. The predicted octanol–water partition coefficient (Wildman–Crippen LogP) is 3.94. The maximum absolute atomic E-state index is 12.1. The van der Waals surface area contributed by atoms with Crippen LogP contribution in [0.1, 0.15) is 50.5 Å². The molecule has 0 bridgehead atoms. The van der Waals surface area contributed by atoms with Crippen LogP contribution in [0.5, 0.6) is 0 Å². The van der Waals surface area contributed by atoms with Crippen molar-refractivity contribution < 1.29 is 4.79 Å². The fourth-order valence-electron chi connectivity index (χ4n) is 2.89. The van der Waals surface area contributed by atoms with E-state index in [1.54, 1.807) is 0 Å². The Morgan fingerprint density at radius 1 is 1.25 bits per heavy atom. The van der Waals surface area contributed by atoms with Crippen molar-refractivity contribution in [2.24, 2.45) is 5.92 Å². The fraction of sp³-hybridized carbons (Fsp3) is 0.533. The van der Waals surface area contributed by atoms with Crippen molar-refractivity contribution in [1.29, 1.82) is 0 Å². The average molecular weight is 216 g/mol. The number of carbonyl (C=O) groups excluding carboxylic acids is 1. The van der Waals surface area contributed by atoms with Gasteiger partial charge in [0.2, 0.25) is 0 Å². The molecule has 0 heterocycles. The molecule has 0 aliphatic heterocycles. The lowest BCUT2D eigenvalue weighted by atomic mass is 9.81. The Morgan fingerprint density at radius 3 is 2.44 bits per heavy atom. The lowest BCUT2D eigenvalue weighted by Crippen LogP contribution is -2.19. The zero-order valence-corrected chi connectivity index (χ0v) is 9.99. The molecule has 0 aromatic heterocycles. The van der Waals surface area contributed by atoms with Crippen molar-refractivity contribution in [3.63, 3.8) is 0 Å². The van der Waals surface area contributed by atoms with E-state index < -0.39 is 0 Å². The highest BCUT2D eigenvalue weighted by molar-refractivity contribution is 5.85. The van der Waals surface area contributed by atoms with Crippen LogP contribution in [0.2, 0.25) is 0 Å². The molecule has 1 fully saturated rings. The molecule has 86 valence electrons. The Bertz CT molecular complexity index is 336. The molecule has 1 heteroatoms. The predicted molar refractivity (Wildman–Crippen MR) is 66.4 cm³/mol. The molecule has 16 heavy (non-hydrogen) atoms. The lowest BCUT2D eigenvalue weighted by Gasteiger charge is -2.22. The monoisotopic (exact) mass is 216 g/mol. The first-order chi connectivity index (χ1) is 7.83. The zero-order chi connectivity index (χ0) is 11.4. The molecule has 1 atom stereocenters. The minimum Gasteiger partial charge on any atom is -0.299 e. The number of Topliss-reactive ketones (excluding diaryl/α,β-unsaturated/α-hetero) is 1. The van der Waals surface area contributed by atoms with E-state index in [-0.39, 0.29) is 5.92 Å². The van der Waals surface area contributed by atoms with E-state index in [9.17, 15) is 4.79 Å². The van der Waals surface area contributed by atoms with Gasteiger partial charge in [0, 0.05) is 12.3 Å². The van der Waals surface area contributed by atoms with E-state index in [0.29, 0.717) is 18.1 Å². The van der Waals surface area contributed by atoms with Crippen LogP contribution in [0.3, 0.4) is 0 Å². The number of benzene rings is 1. The molecule has 1 nitrogen and oxygen atoms in total. The molecule has 1 aliphatic rings. The molecule has 1 saturated carbocycles. The van der Waals surface area contributed by atoms with Crippen LogP contribution >= 0.6 is 0 Å². The summed E-state index contributed by atoms with van der Waals surface area (Å²) >= 11 is 0. The van der Waals surface area contributed by atoms with Crippen molar-refractivity contribution in [2.45, 2.75) is 44.9 Å². The summed E-state index contributed by atoms with van der Waals surface area (Å²) in [6.07, 6.45) is 5.71. The second-order valence-electron chi connectivity index (χ2n) is 4.75. The maximum Gasteiger partial charge on any atom is 0.140 e. The molecule has 1 aromatic rings. The lowest BCUT2D eigenvalue weighted by molar-refractivity contribution is -0.121. The summed E-state index contributed by atoms with van der Waals surface area (Å²) in [6, 6.07) is 10.3. The molecule has 0 radical (unpaired) electrons.